The van der Waals surface area contributed by atoms with Crippen LogP contribution in [0.1, 0.15) is 31.4 Å². The van der Waals surface area contributed by atoms with Crippen LogP contribution < -0.4 is 15.8 Å². The van der Waals surface area contributed by atoms with Gasteiger partial charge in [-0.25, -0.2) is 0 Å². The van der Waals surface area contributed by atoms with Gasteiger partial charge in [0.1, 0.15) is 5.75 Å². The molecular formula is C13H18F2N2O2. The van der Waals surface area contributed by atoms with Crippen LogP contribution in [0.2, 0.25) is 0 Å². The highest BCUT2D eigenvalue weighted by Gasteiger charge is 2.14. The molecule has 6 heteroatoms. The van der Waals surface area contributed by atoms with Gasteiger partial charge in [0, 0.05) is 12.5 Å². The molecule has 1 aromatic rings. The molecule has 0 radical (unpaired) electrons. The van der Waals surface area contributed by atoms with Crippen molar-refractivity contribution in [2.45, 2.75) is 32.4 Å². The lowest BCUT2D eigenvalue weighted by Crippen LogP contribution is -2.27. The summed E-state index contributed by atoms with van der Waals surface area (Å²) >= 11 is 0. The second-order valence-corrected chi connectivity index (χ2v) is 4.12. The Labute approximate surface area is 110 Å². The number of carbonyl (C=O) groups is 1. The molecule has 19 heavy (non-hydrogen) atoms. The number of nitrogens with one attached hydrogen (secondary N) is 1. The lowest BCUT2D eigenvalue weighted by Gasteiger charge is -2.17. The Morgan fingerprint density at radius 2 is 2.00 bits per heavy atom. The van der Waals surface area contributed by atoms with E-state index in [4.69, 9.17) is 5.73 Å². The number of hydrogen-bond donors (Lipinski definition) is 2. The van der Waals surface area contributed by atoms with Crippen LogP contribution >= 0.6 is 0 Å². The summed E-state index contributed by atoms with van der Waals surface area (Å²) in [5.41, 5.74) is 6.01. The molecule has 0 saturated carbocycles. The molecule has 0 spiro atoms. The van der Waals surface area contributed by atoms with Gasteiger partial charge in [-0.05, 0) is 30.7 Å². The zero-order chi connectivity index (χ0) is 14.3. The van der Waals surface area contributed by atoms with Gasteiger partial charge >= 0.3 is 6.61 Å². The molecule has 0 saturated heterocycles. The van der Waals surface area contributed by atoms with Gasteiger partial charge in [0.2, 0.25) is 5.91 Å². The maximum atomic E-state index is 12.0. The van der Waals surface area contributed by atoms with Crippen LogP contribution in [0.25, 0.3) is 0 Å². The van der Waals surface area contributed by atoms with Gasteiger partial charge < -0.3 is 15.8 Å². The Morgan fingerprint density at radius 3 is 2.47 bits per heavy atom. The monoisotopic (exact) mass is 272 g/mol. The van der Waals surface area contributed by atoms with Crippen molar-refractivity contribution in [2.75, 3.05) is 6.54 Å². The molecule has 0 heterocycles. The van der Waals surface area contributed by atoms with Gasteiger partial charge in [-0.3, -0.25) is 4.79 Å². The number of rotatable bonds is 8. The van der Waals surface area contributed by atoms with Crippen molar-refractivity contribution >= 4 is 5.91 Å². The lowest BCUT2D eigenvalue weighted by molar-refractivity contribution is -0.118. The van der Waals surface area contributed by atoms with Crippen LogP contribution in [-0.2, 0) is 4.79 Å². The van der Waals surface area contributed by atoms with Gasteiger partial charge in [0.15, 0.2) is 0 Å². The minimum Gasteiger partial charge on any atom is -0.435 e. The van der Waals surface area contributed by atoms with Crippen LogP contribution in [0.3, 0.4) is 0 Å². The van der Waals surface area contributed by atoms with Crippen LogP contribution in [0, 0.1) is 0 Å². The number of nitrogens with two attached hydrogens (primary N) is 1. The third kappa shape index (κ3) is 5.65. The van der Waals surface area contributed by atoms with Gasteiger partial charge in [-0.1, -0.05) is 19.1 Å². The van der Waals surface area contributed by atoms with Crippen molar-refractivity contribution in [3.63, 3.8) is 0 Å². The molecule has 1 atom stereocenters. The van der Waals surface area contributed by atoms with Crippen LogP contribution in [0.5, 0.6) is 5.75 Å². The second-order valence-electron chi connectivity index (χ2n) is 4.12. The highest BCUT2D eigenvalue weighted by Crippen LogP contribution is 2.21. The molecule has 1 unspecified atom stereocenters. The van der Waals surface area contributed by atoms with E-state index in [9.17, 15) is 13.6 Å². The number of benzene rings is 1. The average molecular weight is 272 g/mol. The summed E-state index contributed by atoms with van der Waals surface area (Å²) in [5.74, 6) is -0.325. The normalized spacial score (nSPS) is 12.4. The summed E-state index contributed by atoms with van der Waals surface area (Å²) in [6, 6.07) is 5.98. The van der Waals surface area contributed by atoms with Crippen molar-refractivity contribution in [1.29, 1.82) is 0 Å². The second kappa shape index (κ2) is 7.68. The fourth-order valence-electron chi connectivity index (χ4n) is 1.71. The fourth-order valence-corrected chi connectivity index (χ4v) is 1.71. The Kier molecular flexibility index (Phi) is 6.21. The van der Waals surface area contributed by atoms with Crippen molar-refractivity contribution in [3.8, 4) is 5.75 Å². The minimum absolute atomic E-state index is 0.0899. The van der Waals surface area contributed by atoms with Crippen molar-refractivity contribution in [3.05, 3.63) is 29.8 Å². The largest absolute Gasteiger partial charge is 0.435 e. The molecule has 4 nitrogen and oxygen atoms in total. The molecular weight excluding hydrogens is 254 g/mol. The first-order valence-corrected chi connectivity index (χ1v) is 6.09. The standard InChI is InChI=1S/C13H18F2N2O2/c1-2-7-17-11(8-12(16)18)9-3-5-10(6-4-9)19-13(14)15/h3-6,11,13,17H,2,7-8H2,1H3,(H2,16,18). The Balaban J connectivity index is 2.74. The first kappa shape index (κ1) is 15.4. The quantitative estimate of drug-likeness (QED) is 0.762. The molecule has 0 aliphatic heterocycles. The van der Waals surface area contributed by atoms with E-state index in [0.29, 0.717) is 0 Å². The summed E-state index contributed by atoms with van der Waals surface area (Å²) in [7, 11) is 0. The molecule has 1 aromatic carbocycles. The summed E-state index contributed by atoms with van der Waals surface area (Å²) in [6.45, 7) is -0.0910. The summed E-state index contributed by atoms with van der Waals surface area (Å²) in [6.07, 6.45) is 1.08. The Bertz CT molecular complexity index is 396. The number of primary amides is 1. The SMILES string of the molecule is CCCNC(CC(N)=O)c1ccc(OC(F)F)cc1. The van der Waals surface area contributed by atoms with Crippen LogP contribution in [0.4, 0.5) is 8.78 Å². The predicted molar refractivity (Wildman–Crippen MR) is 67.9 cm³/mol. The summed E-state index contributed by atoms with van der Waals surface area (Å²) < 4.78 is 28.3. The van der Waals surface area contributed by atoms with Crippen molar-refractivity contribution in [2.24, 2.45) is 5.73 Å². The third-order valence-electron chi connectivity index (χ3n) is 2.55. The maximum Gasteiger partial charge on any atom is 0.387 e. The Hall–Kier alpha value is -1.69. The number of carbonyl (C=O) groups excluding carboxylic acids is 1. The molecule has 0 aromatic heterocycles. The lowest BCUT2D eigenvalue weighted by atomic mass is 10.0. The summed E-state index contributed by atoms with van der Waals surface area (Å²) in [4.78, 5) is 11.0. The molecule has 0 fully saturated rings. The van der Waals surface area contributed by atoms with E-state index < -0.39 is 12.5 Å². The zero-order valence-electron chi connectivity index (χ0n) is 10.7. The number of amides is 1. The van der Waals surface area contributed by atoms with E-state index in [1.807, 2.05) is 6.92 Å². The highest BCUT2D eigenvalue weighted by molar-refractivity contribution is 5.74. The fraction of sp³-hybridized carbons (Fsp3) is 0.462. The zero-order valence-corrected chi connectivity index (χ0v) is 10.7. The van der Waals surface area contributed by atoms with Gasteiger partial charge in [-0.2, -0.15) is 8.78 Å². The minimum atomic E-state index is -2.84. The Morgan fingerprint density at radius 1 is 1.37 bits per heavy atom. The van der Waals surface area contributed by atoms with E-state index in [0.717, 1.165) is 18.5 Å². The first-order valence-electron chi connectivity index (χ1n) is 6.09. The first-order chi connectivity index (χ1) is 9.02. The van der Waals surface area contributed by atoms with Crippen LogP contribution in [-0.4, -0.2) is 19.1 Å². The molecule has 0 bridgehead atoms. The molecule has 0 aliphatic carbocycles. The molecule has 3 N–H and O–H groups in total. The number of ether oxygens (including phenoxy) is 1. The smallest absolute Gasteiger partial charge is 0.387 e. The van der Waals surface area contributed by atoms with Crippen molar-refractivity contribution < 1.29 is 18.3 Å². The third-order valence-corrected chi connectivity index (χ3v) is 2.55. The number of halogens is 2. The highest BCUT2D eigenvalue weighted by atomic mass is 19.3. The number of alkyl halides is 2. The van der Waals surface area contributed by atoms with E-state index in [1.165, 1.54) is 12.1 Å². The maximum absolute atomic E-state index is 12.0. The summed E-state index contributed by atoms with van der Waals surface area (Å²) in [5, 5.41) is 3.19. The van der Waals surface area contributed by atoms with E-state index in [1.54, 1.807) is 12.1 Å². The molecule has 0 aliphatic rings. The molecule has 1 amide bonds. The molecule has 1 rings (SSSR count). The average Bonchev–Trinajstić information content (AvgIpc) is 2.34. The topological polar surface area (TPSA) is 64.3 Å². The molecule has 106 valence electrons. The van der Waals surface area contributed by atoms with E-state index in [2.05, 4.69) is 10.1 Å². The van der Waals surface area contributed by atoms with E-state index in [-0.39, 0.29) is 18.2 Å². The van der Waals surface area contributed by atoms with Gasteiger partial charge in [0.25, 0.3) is 0 Å². The predicted octanol–water partition coefficient (Wildman–Crippen LogP) is 2.20. The van der Waals surface area contributed by atoms with Crippen molar-refractivity contribution in [1.82, 2.24) is 5.32 Å². The van der Waals surface area contributed by atoms with Gasteiger partial charge in [-0.15, -0.1) is 0 Å². The van der Waals surface area contributed by atoms with Crippen LogP contribution in [0.15, 0.2) is 24.3 Å². The number of hydrogen-bond acceptors (Lipinski definition) is 3. The van der Waals surface area contributed by atoms with Gasteiger partial charge in [0.05, 0.1) is 0 Å². The van der Waals surface area contributed by atoms with E-state index >= 15 is 0 Å².